The van der Waals surface area contributed by atoms with Crippen LogP contribution in [0.4, 0.5) is 32.0 Å². The van der Waals surface area contributed by atoms with Gasteiger partial charge in [0.05, 0.1) is 16.9 Å². The van der Waals surface area contributed by atoms with Crippen LogP contribution < -0.4 is 4.72 Å². The molecule has 0 saturated heterocycles. The van der Waals surface area contributed by atoms with Gasteiger partial charge in [0.2, 0.25) is 0 Å². The molecule has 1 N–H and O–H groups in total. The maximum absolute atomic E-state index is 12.8. The van der Waals surface area contributed by atoms with E-state index in [0.29, 0.717) is 6.07 Å². The fraction of sp³-hybridized carbons (Fsp3) is 0.278. The summed E-state index contributed by atoms with van der Waals surface area (Å²) in [6.07, 6.45) is -10.3. The van der Waals surface area contributed by atoms with Gasteiger partial charge >= 0.3 is 12.4 Å². The highest BCUT2D eigenvalue weighted by Gasteiger charge is 2.31. The average Bonchev–Trinajstić information content (AvgIpc) is 2.64. The molecule has 2 aromatic carbocycles. The quantitative estimate of drug-likeness (QED) is 0.653. The first-order chi connectivity index (χ1) is 13.7. The Morgan fingerprint density at radius 2 is 1.60 bits per heavy atom. The lowest BCUT2D eigenvalue weighted by Crippen LogP contribution is -2.30. The first-order valence-electron chi connectivity index (χ1n) is 8.31. The maximum Gasteiger partial charge on any atom is 0.416 e. The summed E-state index contributed by atoms with van der Waals surface area (Å²) in [4.78, 5) is 12.6. The van der Waals surface area contributed by atoms with Crippen molar-refractivity contribution >= 4 is 21.6 Å². The number of halogens is 6. The number of hydrogen-bond donors (Lipinski definition) is 1. The number of rotatable bonds is 6. The third-order valence-electron chi connectivity index (χ3n) is 3.93. The van der Waals surface area contributed by atoms with Crippen LogP contribution in [0.25, 0.3) is 0 Å². The van der Waals surface area contributed by atoms with Gasteiger partial charge in [0.15, 0.2) is 0 Å². The number of carbonyl (C=O) groups excluding carboxylic acids is 1. The molecule has 0 heterocycles. The largest absolute Gasteiger partial charge is 0.416 e. The SMILES string of the molecule is CN(CCC(F)(F)F)C(=O)c1ccc(S(=O)(=O)Nc2cccc(C(F)(F)F)c2)cc1. The summed E-state index contributed by atoms with van der Waals surface area (Å²) in [5.41, 5.74) is -1.39. The summed E-state index contributed by atoms with van der Waals surface area (Å²) in [5, 5.41) is 0. The van der Waals surface area contributed by atoms with Gasteiger partial charge in [-0.25, -0.2) is 8.42 Å². The number of benzene rings is 2. The molecule has 0 saturated carbocycles. The number of nitrogens with zero attached hydrogens (tertiary/aromatic N) is 1. The average molecular weight is 454 g/mol. The fourth-order valence-electron chi connectivity index (χ4n) is 2.37. The van der Waals surface area contributed by atoms with E-state index in [4.69, 9.17) is 0 Å². The van der Waals surface area contributed by atoms with Crippen molar-refractivity contribution in [1.82, 2.24) is 4.90 Å². The molecule has 0 atom stereocenters. The van der Waals surface area contributed by atoms with Crippen LogP contribution >= 0.6 is 0 Å². The van der Waals surface area contributed by atoms with Crippen LogP contribution in [0.2, 0.25) is 0 Å². The van der Waals surface area contributed by atoms with Crippen molar-refractivity contribution in [2.24, 2.45) is 0 Å². The number of sulfonamides is 1. The van der Waals surface area contributed by atoms with E-state index in [-0.39, 0.29) is 16.1 Å². The second-order valence-corrected chi connectivity index (χ2v) is 7.98. The second kappa shape index (κ2) is 8.54. The minimum Gasteiger partial charge on any atom is -0.341 e. The maximum atomic E-state index is 12.8. The number of hydrogen-bond acceptors (Lipinski definition) is 3. The standard InChI is InChI=1S/C18H16F6N2O3S/c1-26(10-9-17(19,20)21)16(27)12-5-7-15(8-6-12)30(28,29)25-14-4-2-3-13(11-14)18(22,23)24/h2-8,11,25H,9-10H2,1H3. The first kappa shape index (κ1) is 23.5. The zero-order chi connectivity index (χ0) is 22.7. The number of amides is 1. The molecule has 0 radical (unpaired) electrons. The predicted octanol–water partition coefficient (Wildman–Crippen LogP) is 4.53. The van der Waals surface area contributed by atoms with E-state index in [1.807, 2.05) is 4.72 Å². The molecule has 0 spiro atoms. The van der Waals surface area contributed by atoms with Gasteiger partial charge in [0.1, 0.15) is 0 Å². The van der Waals surface area contributed by atoms with Gasteiger partial charge in [-0.1, -0.05) is 6.07 Å². The van der Waals surface area contributed by atoms with Crippen LogP contribution in [0.1, 0.15) is 22.3 Å². The Morgan fingerprint density at radius 3 is 2.13 bits per heavy atom. The number of alkyl halides is 6. The van der Waals surface area contributed by atoms with E-state index in [9.17, 15) is 39.6 Å². The second-order valence-electron chi connectivity index (χ2n) is 6.30. The zero-order valence-electron chi connectivity index (χ0n) is 15.4. The van der Waals surface area contributed by atoms with Gasteiger partial charge in [0, 0.05) is 24.8 Å². The lowest BCUT2D eigenvalue weighted by atomic mass is 10.2. The molecule has 5 nitrogen and oxygen atoms in total. The van der Waals surface area contributed by atoms with Crippen molar-refractivity contribution in [3.8, 4) is 0 Å². The van der Waals surface area contributed by atoms with Crippen LogP contribution in [0.3, 0.4) is 0 Å². The summed E-state index contributed by atoms with van der Waals surface area (Å²) >= 11 is 0. The molecule has 0 unspecified atom stereocenters. The Labute approximate surface area is 168 Å². The third-order valence-corrected chi connectivity index (χ3v) is 5.33. The molecule has 0 aromatic heterocycles. The molecule has 12 heteroatoms. The number of carbonyl (C=O) groups is 1. The van der Waals surface area contributed by atoms with E-state index in [1.165, 1.54) is 7.05 Å². The van der Waals surface area contributed by atoms with E-state index in [2.05, 4.69) is 0 Å². The van der Waals surface area contributed by atoms with E-state index >= 15 is 0 Å². The Morgan fingerprint density at radius 1 is 1.00 bits per heavy atom. The predicted molar refractivity (Wildman–Crippen MR) is 96.3 cm³/mol. The van der Waals surface area contributed by atoms with E-state index < -0.39 is 46.8 Å². The Hall–Kier alpha value is -2.76. The monoisotopic (exact) mass is 454 g/mol. The van der Waals surface area contributed by atoms with Crippen LogP contribution in [-0.4, -0.2) is 39.0 Å². The smallest absolute Gasteiger partial charge is 0.341 e. The molecule has 164 valence electrons. The molecule has 0 aliphatic heterocycles. The van der Waals surface area contributed by atoms with Crippen molar-refractivity contribution in [3.63, 3.8) is 0 Å². The summed E-state index contributed by atoms with van der Waals surface area (Å²) < 4.78 is 102. The Kier molecular flexibility index (Phi) is 6.70. The Bertz CT molecular complexity index is 1000. The van der Waals surface area contributed by atoms with Gasteiger partial charge in [-0.3, -0.25) is 9.52 Å². The lowest BCUT2D eigenvalue weighted by Gasteiger charge is -2.18. The molecule has 0 fully saturated rings. The summed E-state index contributed by atoms with van der Waals surface area (Å²) in [7, 11) is -3.08. The van der Waals surface area contributed by atoms with Crippen molar-refractivity contribution in [3.05, 3.63) is 59.7 Å². The summed E-state index contributed by atoms with van der Waals surface area (Å²) in [6.45, 7) is -0.570. The molecule has 2 rings (SSSR count). The Balaban J connectivity index is 2.14. The van der Waals surface area contributed by atoms with Gasteiger partial charge in [-0.15, -0.1) is 0 Å². The molecule has 2 aromatic rings. The highest BCUT2D eigenvalue weighted by atomic mass is 32.2. The zero-order valence-corrected chi connectivity index (χ0v) is 16.2. The van der Waals surface area contributed by atoms with Gasteiger partial charge < -0.3 is 4.90 Å². The van der Waals surface area contributed by atoms with Crippen molar-refractivity contribution in [1.29, 1.82) is 0 Å². The van der Waals surface area contributed by atoms with Crippen LogP contribution in [0.15, 0.2) is 53.4 Å². The molecule has 0 aliphatic rings. The minimum absolute atomic E-state index is 0.0438. The van der Waals surface area contributed by atoms with Crippen LogP contribution in [0, 0.1) is 0 Å². The highest BCUT2D eigenvalue weighted by molar-refractivity contribution is 7.92. The molecule has 30 heavy (non-hydrogen) atoms. The molecular formula is C18H16F6N2O3S. The van der Waals surface area contributed by atoms with Gasteiger partial charge in [-0.2, -0.15) is 26.3 Å². The third kappa shape index (κ3) is 6.37. The summed E-state index contributed by atoms with van der Waals surface area (Å²) in [6, 6.07) is 7.86. The summed E-state index contributed by atoms with van der Waals surface area (Å²) in [5.74, 6) is -0.742. The topological polar surface area (TPSA) is 66.5 Å². The van der Waals surface area contributed by atoms with Crippen molar-refractivity contribution in [2.45, 2.75) is 23.7 Å². The first-order valence-corrected chi connectivity index (χ1v) is 9.80. The fourth-order valence-corrected chi connectivity index (χ4v) is 3.42. The molecule has 0 bridgehead atoms. The van der Waals surface area contributed by atoms with E-state index in [0.717, 1.165) is 47.4 Å². The van der Waals surface area contributed by atoms with Gasteiger partial charge in [0.25, 0.3) is 15.9 Å². The molecular weight excluding hydrogens is 438 g/mol. The van der Waals surface area contributed by atoms with Crippen molar-refractivity contribution < 1.29 is 39.6 Å². The normalized spacial score (nSPS) is 12.5. The lowest BCUT2D eigenvalue weighted by molar-refractivity contribution is -0.138. The molecule has 0 aliphatic carbocycles. The minimum atomic E-state index is -4.65. The number of nitrogens with one attached hydrogen (secondary N) is 1. The van der Waals surface area contributed by atoms with Crippen LogP contribution in [-0.2, 0) is 16.2 Å². The van der Waals surface area contributed by atoms with Gasteiger partial charge in [-0.05, 0) is 42.5 Å². The number of anilines is 1. The van der Waals surface area contributed by atoms with Crippen molar-refractivity contribution in [2.75, 3.05) is 18.3 Å². The molecule has 1 amide bonds. The highest BCUT2D eigenvalue weighted by Crippen LogP contribution is 2.31. The van der Waals surface area contributed by atoms with E-state index in [1.54, 1.807) is 0 Å². The van der Waals surface area contributed by atoms with Crippen LogP contribution in [0.5, 0.6) is 0 Å².